The van der Waals surface area contributed by atoms with Crippen molar-refractivity contribution in [2.24, 2.45) is 28.6 Å². The predicted octanol–water partition coefficient (Wildman–Crippen LogP) is 4.85. The van der Waals surface area contributed by atoms with Crippen molar-refractivity contribution in [2.75, 3.05) is 5.75 Å². The Labute approximate surface area is 204 Å². The number of rotatable bonds is 7. The minimum atomic E-state index is -0.563. The van der Waals surface area contributed by atoms with Crippen molar-refractivity contribution >= 4 is 11.8 Å². The summed E-state index contributed by atoms with van der Waals surface area (Å²) in [7, 11) is 0. The Hall–Kier alpha value is -0.330. The van der Waals surface area contributed by atoms with Gasteiger partial charge in [-0.1, -0.05) is 57.9 Å². The topological polar surface area (TPSA) is 80.9 Å². The molecule has 0 spiro atoms. The number of thioether (sulfide) groups is 1. The maximum atomic E-state index is 11.3. The molecule has 4 nitrogen and oxygen atoms in total. The summed E-state index contributed by atoms with van der Waals surface area (Å²) >= 11 is 1.92. The maximum absolute atomic E-state index is 11.3. The lowest BCUT2D eigenvalue weighted by molar-refractivity contribution is -0.0534. The second-order valence-corrected chi connectivity index (χ2v) is 13.5. The number of allylic oxidation sites excluding steroid dienone is 3. The van der Waals surface area contributed by atoms with Crippen LogP contribution in [-0.4, -0.2) is 55.3 Å². The van der Waals surface area contributed by atoms with E-state index in [-0.39, 0.29) is 22.9 Å². The molecule has 0 aliphatic heterocycles. The molecule has 0 aromatic carbocycles. The van der Waals surface area contributed by atoms with Crippen LogP contribution in [0.2, 0.25) is 0 Å². The van der Waals surface area contributed by atoms with Gasteiger partial charge >= 0.3 is 0 Å². The van der Waals surface area contributed by atoms with E-state index < -0.39 is 17.8 Å². The molecule has 0 aromatic heterocycles. The Morgan fingerprint density at radius 3 is 2.45 bits per heavy atom. The van der Waals surface area contributed by atoms with Gasteiger partial charge < -0.3 is 20.4 Å². The highest BCUT2D eigenvalue weighted by atomic mass is 32.2. The van der Waals surface area contributed by atoms with Crippen LogP contribution in [0.5, 0.6) is 0 Å². The molecule has 4 N–H and O–H groups in total. The van der Waals surface area contributed by atoms with Crippen LogP contribution in [0.4, 0.5) is 0 Å². The highest BCUT2D eigenvalue weighted by Crippen LogP contribution is 2.66. The van der Waals surface area contributed by atoms with Crippen molar-refractivity contribution in [1.29, 1.82) is 0 Å². The van der Waals surface area contributed by atoms with Crippen LogP contribution in [0, 0.1) is 28.6 Å². The molecule has 5 heteroatoms. The summed E-state index contributed by atoms with van der Waals surface area (Å²) in [6, 6.07) is 0. The Balaban J connectivity index is 1.53. The van der Waals surface area contributed by atoms with Crippen molar-refractivity contribution in [2.45, 2.75) is 115 Å². The second kappa shape index (κ2) is 9.28. The zero-order valence-corrected chi connectivity index (χ0v) is 22.1. The third kappa shape index (κ3) is 4.18. The summed E-state index contributed by atoms with van der Waals surface area (Å²) in [6.45, 7) is 11.0. The van der Waals surface area contributed by atoms with Crippen molar-refractivity contribution in [3.8, 4) is 0 Å². The van der Waals surface area contributed by atoms with E-state index >= 15 is 0 Å². The van der Waals surface area contributed by atoms with Crippen LogP contribution in [0.1, 0.15) is 86.0 Å². The first-order chi connectivity index (χ1) is 15.5. The Morgan fingerprint density at radius 2 is 1.79 bits per heavy atom. The van der Waals surface area contributed by atoms with Crippen LogP contribution in [-0.2, 0) is 0 Å². The van der Waals surface area contributed by atoms with Crippen molar-refractivity contribution in [3.63, 3.8) is 0 Å². The van der Waals surface area contributed by atoms with E-state index in [1.165, 1.54) is 11.1 Å². The molecule has 4 aliphatic rings. The standard InChI is InChI=1S/C28H46O4S/c1-6-28(32,7-2)12-13-33-17(3)25-23(30)16-22-20-9-8-18-14-19(29)15-24(31)27(18,5)21(20)10-11-26(22,25)4/h8-9,17,19,21-25,29-32H,6-7,10-16H2,1-5H3/t17-,19-,21+,22+,23+,24+,25+,26+,27+/m1/s1. The lowest BCUT2D eigenvalue weighted by Crippen LogP contribution is -2.52. The Kier molecular flexibility index (Phi) is 7.24. The molecule has 0 aromatic rings. The Bertz CT molecular complexity index is 789. The monoisotopic (exact) mass is 478 g/mol. The number of fused-ring (bicyclic) bond motifs is 5. The van der Waals surface area contributed by atoms with Crippen molar-refractivity contribution in [1.82, 2.24) is 0 Å². The molecule has 0 bridgehead atoms. The van der Waals surface area contributed by atoms with Gasteiger partial charge in [0.25, 0.3) is 0 Å². The smallest absolute Gasteiger partial charge is 0.0661 e. The van der Waals surface area contributed by atoms with Gasteiger partial charge in [-0.15, -0.1) is 0 Å². The number of aliphatic hydroxyl groups is 4. The molecular formula is C28H46O4S. The van der Waals surface area contributed by atoms with Crippen LogP contribution in [0.25, 0.3) is 0 Å². The molecular weight excluding hydrogens is 432 g/mol. The first-order valence-corrected chi connectivity index (χ1v) is 14.3. The summed E-state index contributed by atoms with van der Waals surface area (Å²) in [4.78, 5) is 0. The van der Waals surface area contributed by atoms with E-state index in [9.17, 15) is 20.4 Å². The van der Waals surface area contributed by atoms with Gasteiger partial charge in [0.05, 0.1) is 23.9 Å². The van der Waals surface area contributed by atoms with Gasteiger partial charge in [0, 0.05) is 23.0 Å². The van der Waals surface area contributed by atoms with Gasteiger partial charge in [-0.05, 0) is 67.9 Å². The minimum absolute atomic E-state index is 0.0564. The average molecular weight is 479 g/mol. The van der Waals surface area contributed by atoms with Gasteiger partial charge in [-0.3, -0.25) is 0 Å². The number of hydrogen-bond acceptors (Lipinski definition) is 5. The quantitative estimate of drug-likeness (QED) is 0.421. The molecule has 0 amide bonds. The van der Waals surface area contributed by atoms with Gasteiger partial charge in [-0.2, -0.15) is 11.8 Å². The number of hydrogen-bond donors (Lipinski definition) is 4. The minimum Gasteiger partial charge on any atom is -0.393 e. The Morgan fingerprint density at radius 1 is 1.09 bits per heavy atom. The zero-order chi connectivity index (χ0) is 24.2. The molecule has 4 aliphatic carbocycles. The van der Waals surface area contributed by atoms with E-state index in [1.54, 1.807) is 0 Å². The highest BCUT2D eigenvalue weighted by molar-refractivity contribution is 7.99. The molecule has 0 heterocycles. The zero-order valence-electron chi connectivity index (χ0n) is 21.3. The molecule has 188 valence electrons. The van der Waals surface area contributed by atoms with Crippen LogP contribution < -0.4 is 0 Å². The summed E-state index contributed by atoms with van der Waals surface area (Å²) in [5.74, 6) is 1.81. The third-order valence-electron chi connectivity index (χ3n) is 10.5. The molecule has 0 radical (unpaired) electrons. The fourth-order valence-electron chi connectivity index (χ4n) is 8.10. The summed E-state index contributed by atoms with van der Waals surface area (Å²) in [6.07, 6.45) is 9.60. The fraction of sp³-hybridized carbons (Fsp3) is 0.857. The average Bonchev–Trinajstić information content (AvgIpc) is 3.04. The maximum Gasteiger partial charge on any atom is 0.0661 e. The van der Waals surface area contributed by atoms with E-state index in [1.807, 2.05) is 11.8 Å². The van der Waals surface area contributed by atoms with Gasteiger partial charge in [0.2, 0.25) is 0 Å². The first kappa shape index (κ1) is 25.8. The van der Waals surface area contributed by atoms with E-state index in [0.29, 0.717) is 29.9 Å². The summed E-state index contributed by atoms with van der Waals surface area (Å²) < 4.78 is 0. The number of aliphatic hydroxyl groups excluding tert-OH is 3. The van der Waals surface area contributed by atoms with Gasteiger partial charge in [0.15, 0.2) is 0 Å². The van der Waals surface area contributed by atoms with E-state index in [4.69, 9.17) is 0 Å². The van der Waals surface area contributed by atoms with Crippen molar-refractivity contribution in [3.05, 3.63) is 23.3 Å². The molecule has 0 unspecified atom stereocenters. The summed E-state index contributed by atoms with van der Waals surface area (Å²) in [5.41, 5.74) is 1.83. The molecule has 3 saturated carbocycles. The molecule has 0 saturated heterocycles. The normalized spacial score (nSPS) is 43.8. The van der Waals surface area contributed by atoms with Gasteiger partial charge in [0.1, 0.15) is 0 Å². The highest BCUT2D eigenvalue weighted by Gasteiger charge is 2.61. The molecule has 4 rings (SSSR count). The van der Waals surface area contributed by atoms with E-state index in [0.717, 1.165) is 44.3 Å². The molecule has 33 heavy (non-hydrogen) atoms. The SMILES string of the molecule is CCC(O)(CC)CCS[C@H](C)[C@H]1[C@@H](O)C[C@H]2C3=CC=C4C[C@@H](O)C[C@H](O)[C@]4(C)[C@H]3CC[C@]12C. The first-order valence-electron chi connectivity index (χ1n) is 13.3. The van der Waals surface area contributed by atoms with Crippen LogP contribution >= 0.6 is 11.8 Å². The molecule has 9 atom stereocenters. The summed E-state index contributed by atoms with van der Waals surface area (Å²) in [5, 5.41) is 43.6. The second-order valence-electron chi connectivity index (χ2n) is 12.0. The van der Waals surface area contributed by atoms with Gasteiger partial charge in [-0.25, -0.2) is 0 Å². The third-order valence-corrected chi connectivity index (χ3v) is 11.8. The predicted molar refractivity (Wildman–Crippen MR) is 136 cm³/mol. The van der Waals surface area contributed by atoms with E-state index in [2.05, 4.69) is 46.8 Å². The van der Waals surface area contributed by atoms with Crippen LogP contribution in [0.15, 0.2) is 23.3 Å². The lowest BCUT2D eigenvalue weighted by atomic mass is 9.49. The molecule has 3 fully saturated rings. The van der Waals surface area contributed by atoms with Crippen molar-refractivity contribution < 1.29 is 20.4 Å². The largest absolute Gasteiger partial charge is 0.393 e. The van der Waals surface area contributed by atoms with Crippen LogP contribution in [0.3, 0.4) is 0 Å². The fourth-order valence-corrected chi connectivity index (χ4v) is 9.66. The lowest BCUT2D eigenvalue weighted by Gasteiger charge is -2.56.